The Hall–Kier alpha value is -0.860. The lowest BCUT2D eigenvalue weighted by atomic mass is 10.4. The first-order valence-electron chi connectivity index (χ1n) is 2.40. The van der Waals surface area contributed by atoms with E-state index in [1.165, 1.54) is 0 Å². The van der Waals surface area contributed by atoms with Gasteiger partial charge in [0.15, 0.2) is 6.10 Å². The van der Waals surface area contributed by atoms with Crippen LogP contribution in [0.2, 0.25) is 0 Å². The smallest absolute Gasteiger partial charge is 0.247 e. The van der Waals surface area contributed by atoms with E-state index in [0.717, 1.165) is 12.3 Å². The molecule has 0 amide bonds. The molecule has 0 heterocycles. The summed E-state index contributed by atoms with van der Waals surface area (Å²) in [5.74, 6) is 0. The summed E-state index contributed by atoms with van der Waals surface area (Å²) in [6, 6.07) is 1.59. The fraction of sp³-hybridized carbons (Fsp3) is 0.400. The molecule has 56 valence electrons. The highest BCUT2D eigenvalue weighted by atomic mass is 32.2. The average Bonchev–Trinajstić information content (AvgIpc) is 1.81. The molecule has 0 bridgehead atoms. The van der Waals surface area contributed by atoms with Gasteiger partial charge in [-0.1, -0.05) is 6.58 Å². The van der Waals surface area contributed by atoms with Gasteiger partial charge in [0.1, 0.15) is 6.07 Å². The lowest BCUT2D eigenvalue weighted by molar-refractivity contribution is 0.309. The summed E-state index contributed by atoms with van der Waals surface area (Å²) in [5, 5.41) is 8.18. The van der Waals surface area contributed by atoms with Gasteiger partial charge in [-0.2, -0.15) is 13.7 Å². The largest absolute Gasteiger partial charge is 0.265 e. The molecule has 0 aliphatic carbocycles. The SMILES string of the molecule is C=CC(C#N)OS(C)(=O)=O. The van der Waals surface area contributed by atoms with E-state index in [1.54, 1.807) is 6.07 Å². The van der Waals surface area contributed by atoms with Crippen LogP contribution in [0.5, 0.6) is 0 Å². The van der Waals surface area contributed by atoms with Crippen LogP contribution >= 0.6 is 0 Å². The Morgan fingerprint density at radius 1 is 1.80 bits per heavy atom. The molecule has 0 aliphatic rings. The van der Waals surface area contributed by atoms with Crippen molar-refractivity contribution < 1.29 is 12.6 Å². The van der Waals surface area contributed by atoms with E-state index in [1.807, 2.05) is 0 Å². The highest BCUT2D eigenvalue weighted by Gasteiger charge is 2.09. The Balaban J connectivity index is 4.17. The summed E-state index contributed by atoms with van der Waals surface area (Å²) in [7, 11) is -3.54. The van der Waals surface area contributed by atoms with Crippen molar-refractivity contribution >= 4 is 10.1 Å². The standard InChI is InChI=1S/C5H7NO3S/c1-3-5(4-6)9-10(2,7)8/h3,5H,1H2,2H3. The van der Waals surface area contributed by atoms with Crippen molar-refractivity contribution in [3.63, 3.8) is 0 Å². The van der Waals surface area contributed by atoms with Crippen LogP contribution in [0.1, 0.15) is 0 Å². The summed E-state index contributed by atoms with van der Waals surface area (Å²) in [6.45, 7) is 3.20. The molecule has 0 aliphatic heterocycles. The predicted molar refractivity (Wildman–Crippen MR) is 35.5 cm³/mol. The summed E-state index contributed by atoms with van der Waals surface area (Å²) in [4.78, 5) is 0. The maximum Gasteiger partial charge on any atom is 0.265 e. The quantitative estimate of drug-likeness (QED) is 0.433. The first-order valence-corrected chi connectivity index (χ1v) is 4.21. The monoisotopic (exact) mass is 161 g/mol. The normalized spacial score (nSPS) is 13.6. The fourth-order valence-electron chi connectivity index (χ4n) is 0.302. The molecule has 5 heteroatoms. The lowest BCUT2D eigenvalue weighted by Gasteiger charge is -2.00. The Morgan fingerprint density at radius 2 is 2.30 bits per heavy atom. The van der Waals surface area contributed by atoms with Crippen LogP contribution in [0.25, 0.3) is 0 Å². The minimum absolute atomic E-state index is 0.876. The highest BCUT2D eigenvalue weighted by Crippen LogP contribution is 1.96. The van der Waals surface area contributed by atoms with Gasteiger partial charge in [0.05, 0.1) is 6.26 Å². The van der Waals surface area contributed by atoms with Crippen LogP contribution in [-0.4, -0.2) is 20.8 Å². The van der Waals surface area contributed by atoms with Gasteiger partial charge in [0.2, 0.25) is 0 Å². The van der Waals surface area contributed by atoms with Crippen LogP contribution in [0.3, 0.4) is 0 Å². The van der Waals surface area contributed by atoms with E-state index in [0.29, 0.717) is 0 Å². The van der Waals surface area contributed by atoms with E-state index in [2.05, 4.69) is 10.8 Å². The Labute approximate surface area is 59.8 Å². The maximum absolute atomic E-state index is 10.3. The molecule has 0 rings (SSSR count). The topological polar surface area (TPSA) is 67.2 Å². The second-order valence-electron chi connectivity index (χ2n) is 1.59. The predicted octanol–water partition coefficient (Wildman–Crippen LogP) is 0.0408. The average molecular weight is 161 g/mol. The maximum atomic E-state index is 10.3. The number of rotatable bonds is 3. The van der Waals surface area contributed by atoms with E-state index >= 15 is 0 Å². The molecule has 0 radical (unpaired) electrons. The van der Waals surface area contributed by atoms with E-state index in [-0.39, 0.29) is 0 Å². The highest BCUT2D eigenvalue weighted by molar-refractivity contribution is 7.86. The summed E-state index contributed by atoms with van der Waals surface area (Å²) < 4.78 is 24.9. The third-order valence-electron chi connectivity index (χ3n) is 0.620. The Kier molecular flexibility index (Phi) is 3.06. The minimum atomic E-state index is -3.54. The Bertz CT molecular complexity index is 249. The van der Waals surface area contributed by atoms with Gasteiger partial charge < -0.3 is 0 Å². The molecule has 0 saturated carbocycles. The van der Waals surface area contributed by atoms with Gasteiger partial charge in [0, 0.05) is 0 Å². The number of nitrogens with zero attached hydrogens (tertiary/aromatic N) is 1. The summed E-state index contributed by atoms with van der Waals surface area (Å²) in [6.07, 6.45) is 0.914. The lowest BCUT2D eigenvalue weighted by Crippen LogP contribution is -2.12. The zero-order valence-corrected chi connectivity index (χ0v) is 6.26. The van der Waals surface area contributed by atoms with Crippen LogP contribution in [0.4, 0.5) is 0 Å². The van der Waals surface area contributed by atoms with Gasteiger partial charge in [-0.3, -0.25) is 0 Å². The zero-order chi connectivity index (χ0) is 8.20. The third-order valence-corrected chi connectivity index (χ3v) is 1.18. The van der Waals surface area contributed by atoms with E-state index in [9.17, 15) is 8.42 Å². The van der Waals surface area contributed by atoms with E-state index in [4.69, 9.17) is 5.26 Å². The molecule has 0 N–H and O–H groups in total. The van der Waals surface area contributed by atoms with Crippen LogP contribution < -0.4 is 0 Å². The first kappa shape index (κ1) is 9.14. The van der Waals surface area contributed by atoms with Crippen LogP contribution in [-0.2, 0) is 14.3 Å². The molecule has 0 spiro atoms. The molecule has 0 saturated heterocycles. The molecule has 0 aromatic rings. The Morgan fingerprint density at radius 3 is 2.40 bits per heavy atom. The number of nitriles is 1. The zero-order valence-electron chi connectivity index (χ0n) is 5.44. The molecule has 10 heavy (non-hydrogen) atoms. The molecule has 0 fully saturated rings. The van der Waals surface area contributed by atoms with Gasteiger partial charge in [-0.15, -0.1) is 0 Å². The molecular formula is C5H7NO3S. The molecule has 4 nitrogen and oxygen atoms in total. The van der Waals surface area contributed by atoms with Crippen LogP contribution in [0.15, 0.2) is 12.7 Å². The van der Waals surface area contributed by atoms with Crippen molar-refractivity contribution in [1.29, 1.82) is 5.26 Å². The molecule has 0 aromatic carbocycles. The van der Waals surface area contributed by atoms with Crippen LogP contribution in [0, 0.1) is 11.3 Å². The van der Waals surface area contributed by atoms with Gasteiger partial charge >= 0.3 is 0 Å². The molecule has 1 unspecified atom stereocenters. The van der Waals surface area contributed by atoms with Gasteiger partial charge in [-0.05, 0) is 6.08 Å². The van der Waals surface area contributed by atoms with Crippen molar-refractivity contribution in [2.75, 3.05) is 6.26 Å². The fourth-order valence-corrected chi connectivity index (χ4v) is 0.800. The second-order valence-corrected chi connectivity index (χ2v) is 3.19. The summed E-state index contributed by atoms with van der Waals surface area (Å²) >= 11 is 0. The van der Waals surface area contributed by atoms with Gasteiger partial charge in [-0.25, -0.2) is 4.18 Å². The second kappa shape index (κ2) is 3.34. The summed E-state index contributed by atoms with van der Waals surface area (Å²) in [5.41, 5.74) is 0. The number of hydrogen-bond donors (Lipinski definition) is 0. The van der Waals surface area contributed by atoms with Crippen molar-refractivity contribution in [1.82, 2.24) is 0 Å². The molecular weight excluding hydrogens is 154 g/mol. The first-order chi connectivity index (χ1) is 4.49. The van der Waals surface area contributed by atoms with E-state index < -0.39 is 16.2 Å². The molecule has 0 aromatic heterocycles. The third kappa shape index (κ3) is 4.06. The van der Waals surface area contributed by atoms with Crippen molar-refractivity contribution in [3.8, 4) is 6.07 Å². The molecule has 1 atom stereocenters. The van der Waals surface area contributed by atoms with Crippen molar-refractivity contribution in [2.24, 2.45) is 0 Å². The van der Waals surface area contributed by atoms with Crippen molar-refractivity contribution in [3.05, 3.63) is 12.7 Å². The minimum Gasteiger partial charge on any atom is -0.247 e. The van der Waals surface area contributed by atoms with Gasteiger partial charge in [0.25, 0.3) is 10.1 Å². The number of hydrogen-bond acceptors (Lipinski definition) is 4. The van der Waals surface area contributed by atoms with Crippen molar-refractivity contribution in [2.45, 2.75) is 6.10 Å².